The molecule has 1 unspecified atom stereocenters. The standard InChI is InChI=1S/C30H27BrN2O6/c1-37-22-14-8-18(9-15-22)16-33-17-23-26(32-33)29(36)25(27(34)38-2)24(19-6-4-3-5-7-19)30(39-23,28(29)35)20-10-12-21(31)13-11-20/h3-15,17,24-25,28,35-36H,16H2,1-2H3/t24-,25+,28?,29-,30+/m1/s1. The zero-order chi connectivity index (χ0) is 27.4. The topological polar surface area (TPSA) is 103 Å². The maximum absolute atomic E-state index is 13.5. The van der Waals surface area contributed by atoms with Crippen LogP contribution >= 0.6 is 15.9 Å². The van der Waals surface area contributed by atoms with Crippen LogP contribution in [0.25, 0.3) is 0 Å². The van der Waals surface area contributed by atoms with Gasteiger partial charge in [-0.15, -0.1) is 0 Å². The quantitative estimate of drug-likeness (QED) is 0.325. The second kappa shape index (κ2) is 9.51. The number of carbonyl (C=O) groups excluding carboxylic acids is 1. The number of aromatic nitrogens is 2. The first kappa shape index (κ1) is 25.6. The van der Waals surface area contributed by atoms with Crippen LogP contribution in [0.1, 0.15) is 28.3 Å². The Hall–Kier alpha value is -3.66. The second-order valence-corrected chi connectivity index (χ2v) is 10.8. The van der Waals surface area contributed by atoms with E-state index in [4.69, 9.17) is 14.2 Å². The fourth-order valence-electron chi connectivity index (χ4n) is 6.15. The molecule has 6 rings (SSSR count). The SMILES string of the molecule is COC(=O)[C@@H]1[C@@H](c2ccccc2)[C@]2(c3ccc(Br)cc3)Oc3cn(Cc4ccc(OC)cc4)nc3[C@@]1(O)C2O. The largest absolute Gasteiger partial charge is 0.497 e. The Morgan fingerprint density at radius 3 is 2.38 bits per heavy atom. The summed E-state index contributed by atoms with van der Waals surface area (Å²) in [6.07, 6.45) is 0.170. The molecule has 200 valence electrons. The molecule has 0 saturated heterocycles. The number of hydrogen-bond acceptors (Lipinski definition) is 7. The predicted molar refractivity (Wildman–Crippen MR) is 145 cm³/mol. The molecule has 5 atom stereocenters. The lowest BCUT2D eigenvalue weighted by Crippen LogP contribution is -2.54. The van der Waals surface area contributed by atoms with E-state index in [2.05, 4.69) is 21.0 Å². The number of nitrogens with zero attached hydrogens (tertiary/aromatic N) is 2. The highest BCUT2D eigenvalue weighted by Crippen LogP contribution is 2.66. The molecule has 0 amide bonds. The van der Waals surface area contributed by atoms with E-state index in [1.54, 1.807) is 18.0 Å². The van der Waals surface area contributed by atoms with Crippen molar-refractivity contribution in [3.63, 3.8) is 0 Å². The van der Waals surface area contributed by atoms with E-state index in [1.165, 1.54) is 7.11 Å². The van der Waals surface area contributed by atoms with Crippen molar-refractivity contribution in [2.75, 3.05) is 14.2 Å². The van der Waals surface area contributed by atoms with E-state index in [-0.39, 0.29) is 5.69 Å². The minimum Gasteiger partial charge on any atom is -0.497 e. The molecule has 4 aromatic rings. The van der Waals surface area contributed by atoms with Crippen LogP contribution in [-0.4, -0.2) is 46.3 Å². The molecule has 1 fully saturated rings. The van der Waals surface area contributed by atoms with Crippen LogP contribution in [0.15, 0.2) is 89.5 Å². The molecule has 2 heterocycles. The second-order valence-electron chi connectivity index (χ2n) is 9.91. The third-order valence-electron chi connectivity index (χ3n) is 7.89. The highest BCUT2D eigenvalue weighted by Gasteiger charge is 2.76. The number of fused-ring (bicyclic) bond motifs is 4. The van der Waals surface area contributed by atoms with Gasteiger partial charge in [0.15, 0.2) is 17.0 Å². The predicted octanol–water partition coefficient (Wildman–Crippen LogP) is 4.13. The number of aliphatic hydroxyl groups excluding tert-OH is 1. The van der Waals surface area contributed by atoms with Gasteiger partial charge in [0.1, 0.15) is 23.5 Å². The Morgan fingerprint density at radius 2 is 1.74 bits per heavy atom. The van der Waals surface area contributed by atoms with Gasteiger partial charge in [-0.05, 0) is 41.0 Å². The van der Waals surface area contributed by atoms with Crippen LogP contribution in [-0.2, 0) is 27.3 Å². The minimum absolute atomic E-state index is 0.102. The van der Waals surface area contributed by atoms with Crippen molar-refractivity contribution in [2.45, 2.75) is 29.8 Å². The molecule has 2 N–H and O–H groups in total. The first-order chi connectivity index (χ1) is 18.8. The lowest BCUT2D eigenvalue weighted by molar-refractivity contribution is -0.173. The summed E-state index contributed by atoms with van der Waals surface area (Å²) >= 11 is 3.47. The maximum atomic E-state index is 13.5. The Kier molecular flexibility index (Phi) is 6.25. The van der Waals surface area contributed by atoms with Crippen molar-refractivity contribution in [1.82, 2.24) is 9.78 Å². The molecule has 1 aromatic heterocycles. The Labute approximate surface area is 233 Å². The van der Waals surface area contributed by atoms with Gasteiger partial charge in [-0.3, -0.25) is 9.48 Å². The first-order valence-corrected chi connectivity index (χ1v) is 13.3. The van der Waals surface area contributed by atoms with Crippen molar-refractivity contribution in [1.29, 1.82) is 0 Å². The molecule has 2 bridgehead atoms. The van der Waals surface area contributed by atoms with Crippen molar-refractivity contribution in [3.8, 4) is 11.5 Å². The van der Waals surface area contributed by atoms with Crippen LogP contribution in [0.4, 0.5) is 0 Å². The Morgan fingerprint density at radius 1 is 1.05 bits per heavy atom. The molecule has 8 nitrogen and oxygen atoms in total. The zero-order valence-electron chi connectivity index (χ0n) is 21.3. The molecule has 1 aliphatic heterocycles. The van der Waals surface area contributed by atoms with E-state index < -0.39 is 35.1 Å². The van der Waals surface area contributed by atoms with Gasteiger partial charge in [0.25, 0.3) is 0 Å². The van der Waals surface area contributed by atoms with Crippen LogP contribution in [0.2, 0.25) is 0 Å². The number of benzene rings is 3. The molecule has 0 spiro atoms. The lowest BCUT2D eigenvalue weighted by Gasteiger charge is -2.43. The molecule has 3 aromatic carbocycles. The highest BCUT2D eigenvalue weighted by atomic mass is 79.9. The number of carbonyl (C=O) groups is 1. The van der Waals surface area contributed by atoms with Crippen LogP contribution in [0, 0.1) is 5.92 Å². The average Bonchev–Trinajstić information content (AvgIpc) is 3.42. The molecule has 39 heavy (non-hydrogen) atoms. The normalized spacial score (nSPS) is 26.9. The van der Waals surface area contributed by atoms with E-state index in [0.717, 1.165) is 21.3 Å². The van der Waals surface area contributed by atoms with Crippen LogP contribution in [0.5, 0.6) is 11.5 Å². The fourth-order valence-corrected chi connectivity index (χ4v) is 6.42. The molecule has 1 saturated carbocycles. The molecule has 0 radical (unpaired) electrons. The Balaban J connectivity index is 1.54. The first-order valence-electron chi connectivity index (χ1n) is 12.5. The summed E-state index contributed by atoms with van der Waals surface area (Å²) in [4.78, 5) is 13.5. The Bertz CT molecular complexity index is 1510. The van der Waals surface area contributed by atoms with Gasteiger partial charge < -0.3 is 24.4 Å². The van der Waals surface area contributed by atoms with Gasteiger partial charge in [0.2, 0.25) is 0 Å². The van der Waals surface area contributed by atoms with Gasteiger partial charge in [0.05, 0.1) is 27.0 Å². The smallest absolute Gasteiger partial charge is 0.312 e. The summed E-state index contributed by atoms with van der Waals surface area (Å²) in [6.45, 7) is 0.378. The number of esters is 1. The number of halogens is 1. The number of hydrogen-bond donors (Lipinski definition) is 2. The van der Waals surface area contributed by atoms with Crippen molar-refractivity contribution >= 4 is 21.9 Å². The van der Waals surface area contributed by atoms with Gasteiger partial charge >= 0.3 is 5.97 Å². The van der Waals surface area contributed by atoms with Crippen LogP contribution < -0.4 is 9.47 Å². The van der Waals surface area contributed by atoms with E-state index >= 15 is 0 Å². The number of aliphatic hydroxyl groups is 2. The fraction of sp³-hybridized carbons (Fsp3) is 0.267. The number of ether oxygens (including phenoxy) is 3. The maximum Gasteiger partial charge on any atom is 0.312 e. The highest BCUT2D eigenvalue weighted by molar-refractivity contribution is 9.10. The van der Waals surface area contributed by atoms with Crippen molar-refractivity contribution < 1.29 is 29.2 Å². The third-order valence-corrected chi connectivity index (χ3v) is 8.42. The summed E-state index contributed by atoms with van der Waals surface area (Å²) < 4.78 is 19.7. The van der Waals surface area contributed by atoms with Gasteiger partial charge in [0, 0.05) is 10.4 Å². The molecular weight excluding hydrogens is 564 g/mol. The van der Waals surface area contributed by atoms with Gasteiger partial charge in [-0.1, -0.05) is 70.5 Å². The van der Waals surface area contributed by atoms with Crippen molar-refractivity contribution in [3.05, 3.63) is 112 Å². The molecule has 1 aliphatic carbocycles. The van der Waals surface area contributed by atoms with Gasteiger partial charge in [-0.25, -0.2) is 0 Å². The minimum atomic E-state index is -2.08. The summed E-state index contributed by atoms with van der Waals surface area (Å²) in [5.74, 6) is -1.61. The summed E-state index contributed by atoms with van der Waals surface area (Å²) in [5, 5.41) is 29.1. The third kappa shape index (κ3) is 3.79. The van der Waals surface area contributed by atoms with E-state index in [9.17, 15) is 15.0 Å². The average molecular weight is 591 g/mol. The summed E-state index contributed by atoms with van der Waals surface area (Å²) in [6, 6.07) is 24.2. The van der Waals surface area contributed by atoms with E-state index in [0.29, 0.717) is 17.9 Å². The lowest BCUT2D eigenvalue weighted by atomic mass is 9.75. The molecule has 9 heteroatoms. The van der Waals surface area contributed by atoms with Gasteiger partial charge in [-0.2, -0.15) is 5.10 Å². The number of methoxy groups -OCH3 is 2. The van der Waals surface area contributed by atoms with E-state index in [1.807, 2.05) is 78.9 Å². The molecular formula is C30H27BrN2O6. The summed E-state index contributed by atoms with van der Waals surface area (Å²) in [5.41, 5.74) is -1.20. The molecule has 2 aliphatic rings. The van der Waals surface area contributed by atoms with Crippen LogP contribution in [0.3, 0.4) is 0 Å². The monoisotopic (exact) mass is 590 g/mol. The number of rotatable bonds is 6. The zero-order valence-corrected chi connectivity index (χ0v) is 22.9. The van der Waals surface area contributed by atoms with Crippen molar-refractivity contribution in [2.24, 2.45) is 5.92 Å². The summed E-state index contributed by atoms with van der Waals surface area (Å²) in [7, 11) is 2.88.